The molecule has 0 radical (unpaired) electrons. The Balaban J connectivity index is 1.83. The predicted octanol–water partition coefficient (Wildman–Crippen LogP) is 3.24. The highest BCUT2D eigenvalue weighted by atomic mass is 16.4. The van der Waals surface area contributed by atoms with Gasteiger partial charge >= 0.3 is 5.97 Å². The Morgan fingerprint density at radius 3 is 2.52 bits per heavy atom. The van der Waals surface area contributed by atoms with E-state index in [0.29, 0.717) is 18.5 Å². The first-order valence-corrected chi connectivity index (χ1v) is 8.48. The lowest BCUT2D eigenvalue weighted by atomic mass is 9.90. The molecule has 0 saturated carbocycles. The smallest absolute Gasteiger partial charge is 0.308 e. The van der Waals surface area contributed by atoms with Crippen molar-refractivity contribution in [1.29, 1.82) is 0 Å². The highest BCUT2D eigenvalue weighted by molar-refractivity contribution is 5.95. The predicted molar refractivity (Wildman–Crippen MR) is 95.2 cm³/mol. The van der Waals surface area contributed by atoms with Crippen LogP contribution in [0.3, 0.4) is 0 Å². The maximum absolute atomic E-state index is 12.8. The zero-order valence-electron chi connectivity index (χ0n) is 14.5. The zero-order valence-corrected chi connectivity index (χ0v) is 14.5. The van der Waals surface area contributed by atoms with Crippen LogP contribution >= 0.6 is 0 Å². The molecular weight excluding hydrogens is 316 g/mol. The molecule has 2 aromatic rings. The van der Waals surface area contributed by atoms with E-state index in [9.17, 15) is 14.7 Å². The van der Waals surface area contributed by atoms with E-state index in [0.717, 1.165) is 11.1 Å². The Hall–Kier alpha value is -2.69. The summed E-state index contributed by atoms with van der Waals surface area (Å²) in [6.45, 7) is 4.85. The summed E-state index contributed by atoms with van der Waals surface area (Å²) in [6, 6.07) is 9.88. The molecule has 1 N–H and O–H groups in total. The van der Waals surface area contributed by atoms with Gasteiger partial charge in [0.25, 0.3) is 5.91 Å². The molecule has 3 rings (SSSR count). The van der Waals surface area contributed by atoms with Crippen molar-refractivity contribution in [1.82, 2.24) is 9.88 Å². The van der Waals surface area contributed by atoms with Crippen LogP contribution in [0, 0.1) is 18.8 Å². The van der Waals surface area contributed by atoms with Gasteiger partial charge in [0.15, 0.2) is 0 Å². The number of hydrogen-bond donors (Lipinski definition) is 1. The second-order valence-electron chi connectivity index (χ2n) is 6.91. The molecule has 2 heterocycles. The fraction of sp³-hybridized carbons (Fsp3) is 0.350. The molecule has 1 aromatic carbocycles. The average molecular weight is 338 g/mol. The maximum atomic E-state index is 12.8. The van der Waals surface area contributed by atoms with Crippen LogP contribution in [0.2, 0.25) is 0 Å². The molecule has 1 saturated heterocycles. The van der Waals surface area contributed by atoms with Gasteiger partial charge < -0.3 is 10.0 Å². The Bertz CT molecular complexity index is 786. The number of piperidine rings is 1. The number of likely N-dealkylation sites (tertiary alicyclic amines) is 1. The Labute approximate surface area is 147 Å². The van der Waals surface area contributed by atoms with Gasteiger partial charge in [-0.25, -0.2) is 0 Å². The molecule has 1 fully saturated rings. The molecule has 5 heteroatoms. The molecule has 25 heavy (non-hydrogen) atoms. The zero-order chi connectivity index (χ0) is 18.0. The lowest BCUT2D eigenvalue weighted by Gasteiger charge is -2.34. The van der Waals surface area contributed by atoms with Gasteiger partial charge in [0.1, 0.15) is 0 Å². The lowest BCUT2D eigenvalue weighted by Crippen LogP contribution is -2.45. The van der Waals surface area contributed by atoms with Crippen molar-refractivity contribution in [2.75, 3.05) is 13.1 Å². The number of rotatable bonds is 3. The van der Waals surface area contributed by atoms with Crippen molar-refractivity contribution in [3.8, 4) is 11.1 Å². The van der Waals surface area contributed by atoms with Gasteiger partial charge in [-0.05, 0) is 30.9 Å². The van der Waals surface area contributed by atoms with Gasteiger partial charge in [-0.2, -0.15) is 0 Å². The standard InChI is InChI=1S/C20H22N2O3/c1-13-3-5-15(6-4-13)16-8-17(10-21-9-16)19(23)22-11-14(2)7-18(12-22)20(24)25/h3-6,8-10,14,18H,7,11-12H2,1-2H3,(H,24,25). The first-order valence-electron chi connectivity index (χ1n) is 8.48. The number of hydrogen-bond acceptors (Lipinski definition) is 3. The van der Waals surface area contributed by atoms with E-state index in [1.54, 1.807) is 17.3 Å². The number of aromatic nitrogens is 1. The molecule has 1 amide bonds. The summed E-state index contributed by atoms with van der Waals surface area (Å²) in [7, 11) is 0. The number of carbonyl (C=O) groups excluding carboxylic acids is 1. The average Bonchev–Trinajstić information content (AvgIpc) is 2.61. The number of benzene rings is 1. The van der Waals surface area contributed by atoms with Gasteiger partial charge in [-0.1, -0.05) is 36.8 Å². The molecule has 0 aliphatic carbocycles. The third-order valence-corrected chi connectivity index (χ3v) is 4.67. The van der Waals surface area contributed by atoms with E-state index in [2.05, 4.69) is 4.98 Å². The van der Waals surface area contributed by atoms with Crippen molar-refractivity contribution in [3.63, 3.8) is 0 Å². The fourth-order valence-electron chi connectivity index (χ4n) is 3.34. The summed E-state index contributed by atoms with van der Waals surface area (Å²) in [5.41, 5.74) is 3.55. The molecule has 2 unspecified atom stereocenters. The van der Waals surface area contributed by atoms with Crippen LogP contribution in [0.5, 0.6) is 0 Å². The minimum absolute atomic E-state index is 0.153. The van der Waals surface area contributed by atoms with E-state index in [-0.39, 0.29) is 18.4 Å². The largest absolute Gasteiger partial charge is 0.481 e. The molecular formula is C20H22N2O3. The molecule has 1 aromatic heterocycles. The molecule has 5 nitrogen and oxygen atoms in total. The SMILES string of the molecule is Cc1ccc(-c2cncc(C(=O)N3CC(C)CC(C(=O)O)C3)c2)cc1. The Morgan fingerprint density at radius 2 is 1.84 bits per heavy atom. The minimum Gasteiger partial charge on any atom is -0.481 e. The normalized spacial score (nSPS) is 20.3. The van der Waals surface area contributed by atoms with Crippen LogP contribution in [0.4, 0.5) is 0 Å². The van der Waals surface area contributed by atoms with Crippen molar-refractivity contribution in [2.45, 2.75) is 20.3 Å². The summed E-state index contributed by atoms with van der Waals surface area (Å²) >= 11 is 0. The van der Waals surface area contributed by atoms with Crippen molar-refractivity contribution < 1.29 is 14.7 Å². The van der Waals surface area contributed by atoms with Gasteiger partial charge in [-0.15, -0.1) is 0 Å². The topological polar surface area (TPSA) is 70.5 Å². The number of aliphatic carboxylic acids is 1. The number of carboxylic acid groups (broad SMARTS) is 1. The Kier molecular flexibility index (Phi) is 4.83. The van der Waals surface area contributed by atoms with Crippen LogP contribution in [-0.4, -0.2) is 40.0 Å². The quantitative estimate of drug-likeness (QED) is 0.933. The number of amides is 1. The second kappa shape index (κ2) is 7.05. The fourth-order valence-corrected chi connectivity index (χ4v) is 3.34. The summed E-state index contributed by atoms with van der Waals surface area (Å²) in [6.07, 6.45) is 3.90. The van der Waals surface area contributed by atoms with Gasteiger partial charge in [0.2, 0.25) is 0 Å². The van der Waals surface area contributed by atoms with Crippen LogP contribution < -0.4 is 0 Å². The van der Waals surface area contributed by atoms with E-state index < -0.39 is 11.9 Å². The van der Waals surface area contributed by atoms with E-state index in [4.69, 9.17) is 0 Å². The first-order chi connectivity index (χ1) is 11.9. The molecule has 1 aliphatic heterocycles. The number of pyridine rings is 1. The number of carbonyl (C=O) groups is 2. The number of carboxylic acids is 1. The number of aryl methyl sites for hydroxylation is 1. The third-order valence-electron chi connectivity index (χ3n) is 4.67. The molecule has 0 spiro atoms. The minimum atomic E-state index is -0.837. The van der Waals surface area contributed by atoms with Crippen molar-refractivity contribution in [2.24, 2.45) is 11.8 Å². The number of nitrogens with zero attached hydrogens (tertiary/aromatic N) is 2. The molecule has 2 atom stereocenters. The highest BCUT2D eigenvalue weighted by Gasteiger charge is 2.32. The van der Waals surface area contributed by atoms with Crippen molar-refractivity contribution >= 4 is 11.9 Å². The third kappa shape index (κ3) is 3.87. The van der Waals surface area contributed by atoms with Gasteiger partial charge in [-0.3, -0.25) is 14.6 Å². The van der Waals surface area contributed by atoms with Gasteiger partial charge in [0.05, 0.1) is 11.5 Å². The summed E-state index contributed by atoms with van der Waals surface area (Å²) < 4.78 is 0. The molecule has 0 bridgehead atoms. The first kappa shape index (κ1) is 17.1. The monoisotopic (exact) mass is 338 g/mol. The van der Waals surface area contributed by atoms with E-state index >= 15 is 0 Å². The van der Waals surface area contributed by atoms with E-state index in [1.807, 2.05) is 44.2 Å². The molecule has 130 valence electrons. The van der Waals surface area contributed by atoms with Gasteiger partial charge in [0, 0.05) is 31.0 Å². The molecule has 1 aliphatic rings. The van der Waals surface area contributed by atoms with Crippen LogP contribution in [0.25, 0.3) is 11.1 Å². The van der Waals surface area contributed by atoms with Crippen molar-refractivity contribution in [3.05, 3.63) is 53.9 Å². The van der Waals surface area contributed by atoms with Crippen LogP contribution in [0.15, 0.2) is 42.7 Å². The summed E-state index contributed by atoms with van der Waals surface area (Å²) in [5, 5.41) is 9.29. The van der Waals surface area contributed by atoms with Crippen LogP contribution in [-0.2, 0) is 4.79 Å². The Morgan fingerprint density at radius 1 is 1.12 bits per heavy atom. The maximum Gasteiger partial charge on any atom is 0.308 e. The van der Waals surface area contributed by atoms with Crippen LogP contribution in [0.1, 0.15) is 29.3 Å². The summed E-state index contributed by atoms with van der Waals surface area (Å²) in [5.74, 6) is -1.32. The summed E-state index contributed by atoms with van der Waals surface area (Å²) in [4.78, 5) is 30.0. The second-order valence-corrected chi connectivity index (χ2v) is 6.91. The lowest BCUT2D eigenvalue weighted by molar-refractivity contribution is -0.143. The van der Waals surface area contributed by atoms with E-state index in [1.165, 1.54) is 5.56 Å². The highest BCUT2D eigenvalue weighted by Crippen LogP contribution is 2.25.